The number of rotatable bonds is 8. The Labute approximate surface area is 206 Å². The smallest absolute Gasteiger partial charge is 0.235 e. The number of ether oxygens (including phenoxy) is 2. The Morgan fingerprint density at radius 1 is 0.794 bits per heavy atom. The Balaban J connectivity index is 1.99. The Morgan fingerprint density at radius 2 is 1.26 bits per heavy atom. The molecule has 0 atom stereocenters. The molecule has 0 N–H and O–H groups in total. The molecule has 0 amide bonds. The summed E-state index contributed by atoms with van der Waals surface area (Å²) in [4.78, 5) is 10.4. The third-order valence-corrected chi connectivity index (χ3v) is 6.15. The third kappa shape index (κ3) is 4.72. The monoisotopic (exact) mass is 515 g/mol. The first-order valence-electron chi connectivity index (χ1n) is 10.6. The molecule has 0 radical (unpaired) electrons. The van der Waals surface area contributed by atoms with E-state index in [1.165, 1.54) is 6.08 Å². The van der Waals surface area contributed by atoms with E-state index in [1.54, 1.807) is 19.2 Å². The van der Waals surface area contributed by atoms with Gasteiger partial charge in [-0.3, -0.25) is 10.1 Å². The molecule has 4 aromatic rings. The van der Waals surface area contributed by atoms with Crippen LogP contribution in [0.2, 0.25) is 0 Å². The van der Waals surface area contributed by atoms with Crippen LogP contribution in [-0.2, 0) is 5.60 Å². The summed E-state index contributed by atoms with van der Waals surface area (Å²) in [6, 6.07) is 33.4. The molecule has 34 heavy (non-hydrogen) atoms. The number of hydrogen-bond donors (Lipinski definition) is 0. The quantitative estimate of drug-likeness (QED) is 0.143. The molecule has 0 spiro atoms. The van der Waals surface area contributed by atoms with Crippen LogP contribution in [-0.4, -0.2) is 12.0 Å². The Bertz CT molecular complexity index is 1200. The van der Waals surface area contributed by atoms with E-state index in [9.17, 15) is 10.1 Å². The first kappa shape index (κ1) is 23.3. The van der Waals surface area contributed by atoms with Gasteiger partial charge in [0.2, 0.25) is 6.20 Å². The van der Waals surface area contributed by atoms with Gasteiger partial charge in [-0.15, -0.1) is 0 Å². The lowest BCUT2D eigenvalue weighted by atomic mass is 9.80. The second-order valence-corrected chi connectivity index (χ2v) is 8.36. The minimum Gasteiger partial charge on any atom is -0.493 e. The molecule has 0 saturated carbocycles. The van der Waals surface area contributed by atoms with E-state index in [4.69, 9.17) is 9.47 Å². The van der Waals surface area contributed by atoms with E-state index in [0.717, 1.165) is 22.9 Å². The molecule has 4 aromatic carbocycles. The zero-order chi connectivity index (χ0) is 24.0. The predicted octanol–water partition coefficient (Wildman–Crippen LogP) is 7.08. The highest BCUT2D eigenvalue weighted by Gasteiger charge is 2.39. The average molecular weight is 516 g/mol. The number of hydrogen-bond acceptors (Lipinski definition) is 4. The van der Waals surface area contributed by atoms with Gasteiger partial charge in [0.05, 0.1) is 12.0 Å². The van der Waals surface area contributed by atoms with Gasteiger partial charge in [-0.2, -0.15) is 0 Å². The minimum atomic E-state index is -1.00. The van der Waals surface area contributed by atoms with Crippen molar-refractivity contribution < 1.29 is 14.4 Å². The second kappa shape index (κ2) is 10.4. The van der Waals surface area contributed by atoms with Crippen molar-refractivity contribution in [2.45, 2.75) is 5.60 Å². The first-order valence-corrected chi connectivity index (χ1v) is 11.4. The van der Waals surface area contributed by atoms with E-state index < -0.39 is 10.5 Å². The summed E-state index contributed by atoms with van der Waals surface area (Å²) in [6.45, 7) is 0. The number of halogens is 1. The fourth-order valence-corrected chi connectivity index (χ4v) is 4.37. The van der Waals surface area contributed by atoms with Gasteiger partial charge < -0.3 is 9.47 Å². The highest BCUT2D eigenvalue weighted by molar-refractivity contribution is 9.10. The van der Waals surface area contributed by atoms with Gasteiger partial charge in [0, 0.05) is 27.2 Å². The highest BCUT2D eigenvalue weighted by atomic mass is 79.9. The molecule has 0 aliphatic rings. The summed E-state index contributed by atoms with van der Waals surface area (Å²) in [5.74, 6) is 0.947. The van der Waals surface area contributed by atoms with Crippen LogP contribution >= 0.6 is 15.9 Å². The molecule has 6 heteroatoms. The summed E-state index contributed by atoms with van der Waals surface area (Å²) in [7, 11) is 1.57. The molecule has 0 aliphatic heterocycles. The second-order valence-electron chi connectivity index (χ2n) is 7.51. The van der Waals surface area contributed by atoms with Crippen molar-refractivity contribution in [1.29, 1.82) is 0 Å². The van der Waals surface area contributed by atoms with Gasteiger partial charge in [-0.05, 0) is 17.7 Å². The van der Waals surface area contributed by atoms with E-state index in [0.29, 0.717) is 21.5 Å². The van der Waals surface area contributed by atoms with Gasteiger partial charge in [0.25, 0.3) is 0 Å². The van der Waals surface area contributed by atoms with Crippen molar-refractivity contribution in [3.05, 3.63) is 146 Å². The zero-order valence-electron chi connectivity index (χ0n) is 18.4. The van der Waals surface area contributed by atoms with Crippen molar-refractivity contribution in [2.75, 3.05) is 7.11 Å². The van der Waals surface area contributed by atoms with E-state index in [2.05, 4.69) is 15.9 Å². The lowest BCUT2D eigenvalue weighted by Gasteiger charge is -2.36. The average Bonchev–Trinajstić information content (AvgIpc) is 2.88. The van der Waals surface area contributed by atoms with Crippen molar-refractivity contribution in [3.8, 4) is 11.5 Å². The minimum absolute atomic E-state index is 0.449. The van der Waals surface area contributed by atoms with E-state index >= 15 is 0 Å². The van der Waals surface area contributed by atoms with Crippen molar-refractivity contribution >= 4 is 22.0 Å². The molecule has 0 aliphatic carbocycles. The highest BCUT2D eigenvalue weighted by Crippen LogP contribution is 2.45. The Morgan fingerprint density at radius 3 is 1.68 bits per heavy atom. The fraction of sp³-hybridized carbons (Fsp3) is 0.0714. The maximum absolute atomic E-state index is 10.9. The van der Waals surface area contributed by atoms with Gasteiger partial charge in [0.15, 0.2) is 17.1 Å². The molecule has 0 fully saturated rings. The number of methoxy groups -OCH3 is 1. The molecular formula is C28H22BrNO4. The SMILES string of the molecule is COc1cc(Br)c(/C=C/[N+](=O)[O-])cc1OC(c1ccccc1)(c1ccccc1)c1ccccc1. The third-order valence-electron chi connectivity index (χ3n) is 5.46. The van der Waals surface area contributed by atoms with Gasteiger partial charge in [-0.25, -0.2) is 0 Å². The maximum atomic E-state index is 10.9. The van der Waals surface area contributed by atoms with Crippen LogP contribution in [0.15, 0.2) is 114 Å². The zero-order valence-corrected chi connectivity index (χ0v) is 20.0. The van der Waals surface area contributed by atoms with Crippen LogP contribution in [0.5, 0.6) is 11.5 Å². The maximum Gasteiger partial charge on any atom is 0.235 e. The topological polar surface area (TPSA) is 61.6 Å². The predicted molar refractivity (Wildman–Crippen MR) is 137 cm³/mol. The van der Waals surface area contributed by atoms with Crippen LogP contribution in [0.25, 0.3) is 6.08 Å². The molecule has 0 unspecified atom stereocenters. The van der Waals surface area contributed by atoms with E-state index in [1.807, 2.05) is 91.0 Å². The normalized spacial score (nSPS) is 11.4. The molecule has 5 nitrogen and oxygen atoms in total. The van der Waals surface area contributed by atoms with Crippen LogP contribution in [0.4, 0.5) is 0 Å². The molecular weight excluding hydrogens is 494 g/mol. The van der Waals surface area contributed by atoms with Crippen molar-refractivity contribution in [2.24, 2.45) is 0 Å². The number of benzene rings is 4. The number of nitro groups is 1. The summed E-state index contributed by atoms with van der Waals surface area (Å²) in [5.41, 5.74) is 2.38. The van der Waals surface area contributed by atoms with Crippen LogP contribution in [0.3, 0.4) is 0 Å². The van der Waals surface area contributed by atoms with Gasteiger partial charge in [-0.1, -0.05) is 107 Å². The molecule has 0 heterocycles. The summed E-state index contributed by atoms with van der Waals surface area (Å²) in [5, 5.41) is 10.9. The van der Waals surface area contributed by atoms with Crippen molar-refractivity contribution in [3.63, 3.8) is 0 Å². The fourth-order valence-electron chi connectivity index (χ4n) is 3.92. The van der Waals surface area contributed by atoms with Crippen LogP contribution in [0, 0.1) is 10.1 Å². The Kier molecular flexibility index (Phi) is 7.09. The van der Waals surface area contributed by atoms with Gasteiger partial charge in [0.1, 0.15) is 0 Å². The standard InChI is InChI=1S/C28H22BrNO4/c1-33-26-20-25(29)21(17-18-30(31)32)19-27(26)34-28(22-11-5-2-6-12-22,23-13-7-3-8-14-23)24-15-9-4-10-16-24/h2-20H,1H3/b18-17+. The molecule has 170 valence electrons. The van der Waals surface area contributed by atoms with Gasteiger partial charge >= 0.3 is 0 Å². The lowest BCUT2D eigenvalue weighted by molar-refractivity contribution is -0.400. The van der Waals surface area contributed by atoms with Crippen LogP contribution in [0.1, 0.15) is 22.3 Å². The molecule has 4 rings (SSSR count). The number of nitrogens with zero attached hydrogens (tertiary/aromatic N) is 1. The largest absolute Gasteiger partial charge is 0.493 e. The van der Waals surface area contributed by atoms with E-state index in [-0.39, 0.29) is 0 Å². The summed E-state index contributed by atoms with van der Waals surface area (Å²) in [6.07, 6.45) is 2.32. The summed E-state index contributed by atoms with van der Waals surface area (Å²) >= 11 is 3.48. The van der Waals surface area contributed by atoms with Crippen LogP contribution < -0.4 is 9.47 Å². The molecule has 0 saturated heterocycles. The summed E-state index contributed by atoms with van der Waals surface area (Å²) < 4.78 is 13.2. The first-order chi connectivity index (χ1) is 16.5. The van der Waals surface area contributed by atoms with Crippen molar-refractivity contribution in [1.82, 2.24) is 0 Å². The lowest BCUT2D eigenvalue weighted by Crippen LogP contribution is -2.36. The molecule has 0 aromatic heterocycles. The molecule has 0 bridgehead atoms. The Hall–Kier alpha value is -3.90.